The van der Waals surface area contributed by atoms with Crippen LogP contribution in [0.25, 0.3) is 11.0 Å². The van der Waals surface area contributed by atoms with E-state index in [-0.39, 0.29) is 11.9 Å². The summed E-state index contributed by atoms with van der Waals surface area (Å²) in [5.41, 5.74) is 2.53. The van der Waals surface area contributed by atoms with Crippen LogP contribution in [0.15, 0.2) is 53.0 Å². The number of fused-ring (bicyclic) bond motifs is 1. The molecule has 6 heteroatoms. The van der Waals surface area contributed by atoms with Crippen molar-refractivity contribution in [3.63, 3.8) is 0 Å². The quantitative estimate of drug-likeness (QED) is 0.634. The third-order valence-corrected chi connectivity index (χ3v) is 4.88. The monoisotopic (exact) mass is 403 g/mol. The zero-order valence-electron chi connectivity index (χ0n) is 13.3. The highest BCUT2D eigenvalue weighted by atomic mass is 79.9. The van der Waals surface area contributed by atoms with Crippen LogP contribution in [0.5, 0.6) is 0 Å². The van der Waals surface area contributed by atoms with Gasteiger partial charge in [-0.2, -0.15) is 11.8 Å². The van der Waals surface area contributed by atoms with Crippen LogP contribution >= 0.6 is 27.7 Å². The lowest BCUT2D eigenvalue weighted by Gasteiger charge is -2.16. The van der Waals surface area contributed by atoms with Gasteiger partial charge in [-0.05, 0) is 48.8 Å². The summed E-state index contributed by atoms with van der Waals surface area (Å²) in [4.78, 5) is 20.5. The van der Waals surface area contributed by atoms with Gasteiger partial charge in [0, 0.05) is 10.0 Å². The molecule has 0 saturated heterocycles. The number of carbonyl (C=O) groups is 1. The Morgan fingerprint density at radius 2 is 2.12 bits per heavy atom. The van der Waals surface area contributed by atoms with E-state index < -0.39 is 0 Å². The van der Waals surface area contributed by atoms with Crippen molar-refractivity contribution in [2.45, 2.75) is 12.5 Å². The minimum Gasteiger partial charge on any atom is -0.342 e. The molecule has 1 heterocycles. The Bertz CT molecular complexity index is 816. The average Bonchev–Trinajstić information content (AvgIpc) is 3.02. The molecule has 0 aliphatic rings. The summed E-state index contributed by atoms with van der Waals surface area (Å²) >= 11 is 5.16. The number of carbonyl (C=O) groups excluding carboxylic acids is 1. The Labute approximate surface area is 153 Å². The number of nitrogens with one attached hydrogen (secondary N) is 2. The molecule has 0 unspecified atom stereocenters. The van der Waals surface area contributed by atoms with Crippen LogP contribution in [-0.4, -0.2) is 27.9 Å². The molecule has 1 aromatic heterocycles. The zero-order valence-corrected chi connectivity index (χ0v) is 15.7. The minimum atomic E-state index is -0.142. The van der Waals surface area contributed by atoms with E-state index in [0.717, 1.165) is 33.5 Å². The molecule has 2 aromatic carbocycles. The Hall–Kier alpha value is -1.79. The van der Waals surface area contributed by atoms with Crippen LogP contribution in [-0.2, 0) is 0 Å². The van der Waals surface area contributed by atoms with E-state index in [2.05, 4.69) is 37.5 Å². The summed E-state index contributed by atoms with van der Waals surface area (Å²) in [6.45, 7) is 0. The predicted molar refractivity (Wildman–Crippen MR) is 103 cm³/mol. The molecular formula is C18H18BrN3OS. The van der Waals surface area contributed by atoms with Gasteiger partial charge in [0.2, 0.25) is 0 Å². The zero-order chi connectivity index (χ0) is 16.9. The fourth-order valence-corrected chi connectivity index (χ4v) is 3.39. The summed E-state index contributed by atoms with van der Waals surface area (Å²) < 4.78 is 0.888. The number of rotatable bonds is 6. The molecule has 4 nitrogen and oxygen atoms in total. The highest BCUT2D eigenvalue weighted by Gasteiger charge is 2.19. The number of halogens is 1. The van der Waals surface area contributed by atoms with Crippen LogP contribution in [0, 0.1) is 0 Å². The second-order valence-corrected chi connectivity index (χ2v) is 7.36. The Kier molecular flexibility index (Phi) is 5.58. The number of nitrogens with zero attached hydrogens (tertiary/aromatic N) is 1. The number of aromatic nitrogens is 2. The maximum Gasteiger partial charge on any atom is 0.251 e. The second-order valence-electron chi connectivity index (χ2n) is 5.46. The average molecular weight is 404 g/mol. The smallest absolute Gasteiger partial charge is 0.251 e. The van der Waals surface area contributed by atoms with E-state index >= 15 is 0 Å². The van der Waals surface area contributed by atoms with Crippen LogP contribution in [0.4, 0.5) is 0 Å². The largest absolute Gasteiger partial charge is 0.342 e. The Morgan fingerprint density at radius 3 is 2.88 bits per heavy atom. The summed E-state index contributed by atoms with van der Waals surface area (Å²) in [6, 6.07) is 15.1. The number of benzene rings is 2. The molecular weight excluding hydrogens is 386 g/mol. The van der Waals surface area contributed by atoms with Crippen molar-refractivity contribution in [1.82, 2.24) is 15.3 Å². The van der Waals surface area contributed by atoms with Crippen molar-refractivity contribution >= 4 is 44.6 Å². The van der Waals surface area contributed by atoms with Crippen molar-refractivity contribution < 1.29 is 4.79 Å². The van der Waals surface area contributed by atoms with E-state index in [1.54, 1.807) is 11.8 Å². The van der Waals surface area contributed by atoms with Gasteiger partial charge in [0.15, 0.2) is 0 Å². The number of thioether (sulfide) groups is 1. The maximum atomic E-state index is 12.6. The first-order chi connectivity index (χ1) is 11.7. The molecule has 2 N–H and O–H groups in total. The summed E-state index contributed by atoms with van der Waals surface area (Å²) in [6.07, 6.45) is 2.88. The highest BCUT2D eigenvalue weighted by molar-refractivity contribution is 9.10. The Morgan fingerprint density at radius 1 is 1.29 bits per heavy atom. The van der Waals surface area contributed by atoms with E-state index in [1.165, 1.54) is 0 Å². The molecule has 0 aliphatic carbocycles. The van der Waals surface area contributed by atoms with Gasteiger partial charge in [0.1, 0.15) is 5.82 Å². The number of amides is 1. The standard InChI is InChI=1S/C18H18BrN3OS/c1-24-10-9-16(17-20-14-7-2-3-8-15(14)21-17)22-18(23)12-5-4-6-13(19)11-12/h2-8,11,16H,9-10H2,1H3,(H,20,21)(H,22,23)/t16-/m1/s1. The molecule has 124 valence electrons. The first-order valence-electron chi connectivity index (χ1n) is 7.67. The molecule has 24 heavy (non-hydrogen) atoms. The van der Waals surface area contributed by atoms with E-state index in [1.807, 2.05) is 48.5 Å². The van der Waals surface area contributed by atoms with Crippen LogP contribution in [0.2, 0.25) is 0 Å². The molecule has 3 aromatic rings. The molecule has 0 bridgehead atoms. The molecule has 0 fully saturated rings. The lowest BCUT2D eigenvalue weighted by atomic mass is 10.1. The van der Waals surface area contributed by atoms with Gasteiger partial charge >= 0.3 is 0 Å². The minimum absolute atomic E-state index is 0.0946. The van der Waals surface area contributed by atoms with Crippen LogP contribution < -0.4 is 5.32 Å². The number of H-pyrrole nitrogens is 1. The van der Waals surface area contributed by atoms with E-state index in [9.17, 15) is 4.79 Å². The number of hydrogen-bond acceptors (Lipinski definition) is 3. The van der Waals surface area contributed by atoms with Gasteiger partial charge in [0.25, 0.3) is 5.91 Å². The van der Waals surface area contributed by atoms with Gasteiger partial charge < -0.3 is 10.3 Å². The van der Waals surface area contributed by atoms with Crippen molar-refractivity contribution in [3.05, 3.63) is 64.4 Å². The van der Waals surface area contributed by atoms with Gasteiger partial charge in [-0.1, -0.05) is 34.1 Å². The summed E-state index contributed by atoms with van der Waals surface area (Å²) in [7, 11) is 0. The third-order valence-electron chi connectivity index (χ3n) is 3.74. The third kappa shape index (κ3) is 3.99. The predicted octanol–water partition coefficient (Wildman–Crippen LogP) is 4.55. The lowest BCUT2D eigenvalue weighted by Crippen LogP contribution is -2.29. The SMILES string of the molecule is CSCC[C@@H](NC(=O)c1cccc(Br)c1)c1nc2ccccc2[nH]1. The number of aromatic amines is 1. The van der Waals surface area contributed by atoms with Crippen molar-refractivity contribution in [2.75, 3.05) is 12.0 Å². The fraction of sp³-hybridized carbons (Fsp3) is 0.222. The molecule has 1 atom stereocenters. The summed E-state index contributed by atoms with van der Waals surface area (Å²) in [5, 5.41) is 3.11. The molecule has 0 radical (unpaired) electrons. The van der Waals surface area contributed by atoms with Crippen molar-refractivity contribution in [3.8, 4) is 0 Å². The number of para-hydroxylation sites is 2. The van der Waals surface area contributed by atoms with Crippen molar-refractivity contribution in [1.29, 1.82) is 0 Å². The van der Waals surface area contributed by atoms with Gasteiger partial charge in [-0.25, -0.2) is 4.98 Å². The van der Waals surface area contributed by atoms with Gasteiger partial charge in [-0.3, -0.25) is 4.79 Å². The topological polar surface area (TPSA) is 57.8 Å². The van der Waals surface area contributed by atoms with Gasteiger partial charge in [-0.15, -0.1) is 0 Å². The summed E-state index contributed by atoms with van der Waals surface area (Å²) in [5.74, 6) is 1.65. The normalized spacial score (nSPS) is 12.2. The molecule has 1 amide bonds. The van der Waals surface area contributed by atoms with Crippen LogP contribution in [0.1, 0.15) is 28.6 Å². The molecule has 0 saturated carbocycles. The number of hydrogen-bond donors (Lipinski definition) is 2. The second kappa shape index (κ2) is 7.85. The first kappa shape index (κ1) is 17.0. The Balaban J connectivity index is 1.84. The van der Waals surface area contributed by atoms with E-state index in [4.69, 9.17) is 0 Å². The van der Waals surface area contributed by atoms with Gasteiger partial charge in [0.05, 0.1) is 17.1 Å². The molecule has 0 aliphatic heterocycles. The lowest BCUT2D eigenvalue weighted by molar-refractivity contribution is 0.0934. The molecule has 0 spiro atoms. The van der Waals surface area contributed by atoms with E-state index in [0.29, 0.717) is 5.56 Å². The number of imidazole rings is 1. The van der Waals surface area contributed by atoms with Crippen molar-refractivity contribution in [2.24, 2.45) is 0 Å². The maximum absolute atomic E-state index is 12.6. The van der Waals surface area contributed by atoms with Crippen LogP contribution in [0.3, 0.4) is 0 Å². The fourth-order valence-electron chi connectivity index (χ4n) is 2.52. The highest BCUT2D eigenvalue weighted by Crippen LogP contribution is 2.21. The molecule has 3 rings (SSSR count). The first-order valence-corrected chi connectivity index (χ1v) is 9.86.